The molecule has 2 rings (SSSR count). The van der Waals surface area contributed by atoms with Crippen molar-refractivity contribution in [3.63, 3.8) is 0 Å². The fourth-order valence-electron chi connectivity index (χ4n) is 2.31. The zero-order valence-corrected chi connectivity index (χ0v) is 15.7. The van der Waals surface area contributed by atoms with E-state index in [0.29, 0.717) is 28.4 Å². The smallest absolute Gasteiger partial charge is 0.265 e. The molecule has 0 heterocycles. The van der Waals surface area contributed by atoms with Crippen LogP contribution in [0.5, 0.6) is 11.5 Å². The van der Waals surface area contributed by atoms with E-state index >= 15 is 0 Å². The summed E-state index contributed by atoms with van der Waals surface area (Å²) in [5.74, 6) is 0.139. The highest BCUT2D eigenvalue weighted by Crippen LogP contribution is 2.29. The highest BCUT2D eigenvalue weighted by atomic mass is 16.5. The van der Waals surface area contributed by atoms with Gasteiger partial charge in [0.25, 0.3) is 5.91 Å². The average molecular weight is 370 g/mol. The van der Waals surface area contributed by atoms with Gasteiger partial charge in [-0.2, -0.15) is 0 Å². The van der Waals surface area contributed by atoms with E-state index in [9.17, 15) is 14.4 Å². The minimum absolute atomic E-state index is 0.0895. The standard InChI is InChI=1S/C20H22N2O5/c1-12(23)15-5-10-18(19(11-15)26-4)27-13(2)20(25)22-17-8-6-16(7-9-17)21-14(3)24/h5-11,13H,1-4H3,(H,21,24)(H,22,25)/t13-/m1/s1. The van der Waals surface area contributed by atoms with Crippen LogP contribution in [-0.2, 0) is 9.59 Å². The number of methoxy groups -OCH3 is 1. The van der Waals surface area contributed by atoms with E-state index in [1.165, 1.54) is 21.0 Å². The van der Waals surface area contributed by atoms with Crippen molar-refractivity contribution in [3.05, 3.63) is 48.0 Å². The molecule has 2 aromatic carbocycles. The number of ketones is 1. The Hall–Kier alpha value is -3.35. The van der Waals surface area contributed by atoms with Crippen LogP contribution in [0.3, 0.4) is 0 Å². The second kappa shape index (κ2) is 8.84. The molecular formula is C20H22N2O5. The third-order valence-corrected chi connectivity index (χ3v) is 3.72. The molecule has 27 heavy (non-hydrogen) atoms. The van der Waals surface area contributed by atoms with Crippen LogP contribution >= 0.6 is 0 Å². The van der Waals surface area contributed by atoms with Gasteiger partial charge < -0.3 is 20.1 Å². The molecule has 0 spiro atoms. The third-order valence-electron chi connectivity index (χ3n) is 3.72. The molecule has 0 aliphatic carbocycles. The Labute approximate surface area is 157 Å². The van der Waals surface area contributed by atoms with Gasteiger partial charge in [-0.15, -0.1) is 0 Å². The van der Waals surface area contributed by atoms with Crippen molar-refractivity contribution in [1.82, 2.24) is 0 Å². The number of rotatable bonds is 7. The minimum Gasteiger partial charge on any atom is -0.493 e. The lowest BCUT2D eigenvalue weighted by Crippen LogP contribution is -2.30. The molecule has 0 saturated heterocycles. The van der Waals surface area contributed by atoms with Crippen LogP contribution in [0.25, 0.3) is 0 Å². The Balaban J connectivity index is 2.03. The molecule has 7 heteroatoms. The molecule has 2 N–H and O–H groups in total. The summed E-state index contributed by atoms with van der Waals surface area (Å²) >= 11 is 0. The molecule has 0 unspecified atom stereocenters. The van der Waals surface area contributed by atoms with Gasteiger partial charge in [-0.25, -0.2) is 0 Å². The summed E-state index contributed by atoms with van der Waals surface area (Å²) in [5, 5.41) is 5.39. The molecule has 2 aromatic rings. The zero-order valence-electron chi connectivity index (χ0n) is 15.7. The van der Waals surface area contributed by atoms with Gasteiger partial charge in [0.05, 0.1) is 7.11 Å². The fourth-order valence-corrected chi connectivity index (χ4v) is 2.31. The van der Waals surface area contributed by atoms with Crippen molar-refractivity contribution >= 4 is 29.0 Å². The molecular weight excluding hydrogens is 348 g/mol. The maximum Gasteiger partial charge on any atom is 0.265 e. The van der Waals surface area contributed by atoms with Crippen LogP contribution in [0.1, 0.15) is 31.1 Å². The maximum atomic E-state index is 12.4. The molecule has 0 aromatic heterocycles. The molecule has 0 fully saturated rings. The van der Waals surface area contributed by atoms with Gasteiger partial charge in [0.2, 0.25) is 5.91 Å². The first kappa shape index (κ1) is 20.0. The molecule has 0 bridgehead atoms. The maximum absolute atomic E-state index is 12.4. The first-order valence-corrected chi connectivity index (χ1v) is 8.34. The van der Waals surface area contributed by atoms with Crippen LogP contribution in [0.2, 0.25) is 0 Å². The van der Waals surface area contributed by atoms with Gasteiger partial charge in [-0.1, -0.05) is 0 Å². The summed E-state index contributed by atoms with van der Waals surface area (Å²) in [7, 11) is 1.47. The number of ether oxygens (including phenoxy) is 2. The van der Waals surface area contributed by atoms with Crippen molar-refractivity contribution in [2.24, 2.45) is 0 Å². The SMILES string of the molecule is COc1cc(C(C)=O)ccc1O[C@H](C)C(=O)Nc1ccc(NC(C)=O)cc1. The van der Waals surface area contributed by atoms with Crippen molar-refractivity contribution < 1.29 is 23.9 Å². The Morgan fingerprint density at radius 1 is 0.889 bits per heavy atom. The van der Waals surface area contributed by atoms with Crippen molar-refractivity contribution in [2.45, 2.75) is 26.9 Å². The van der Waals surface area contributed by atoms with Crippen LogP contribution < -0.4 is 20.1 Å². The number of amides is 2. The summed E-state index contributed by atoms with van der Waals surface area (Å²) < 4.78 is 10.9. The zero-order chi connectivity index (χ0) is 20.0. The first-order chi connectivity index (χ1) is 12.8. The second-order valence-electron chi connectivity index (χ2n) is 5.93. The molecule has 0 aliphatic heterocycles. The van der Waals surface area contributed by atoms with E-state index in [-0.39, 0.29) is 17.6 Å². The molecule has 7 nitrogen and oxygen atoms in total. The highest BCUT2D eigenvalue weighted by molar-refractivity contribution is 5.95. The molecule has 0 radical (unpaired) electrons. The van der Waals surface area contributed by atoms with E-state index < -0.39 is 6.10 Å². The lowest BCUT2D eigenvalue weighted by Gasteiger charge is -2.17. The highest BCUT2D eigenvalue weighted by Gasteiger charge is 2.18. The summed E-state index contributed by atoms with van der Waals surface area (Å²) in [5.41, 5.74) is 1.71. The number of nitrogens with one attached hydrogen (secondary N) is 2. The van der Waals surface area contributed by atoms with E-state index in [2.05, 4.69) is 10.6 Å². The largest absolute Gasteiger partial charge is 0.493 e. The number of carbonyl (C=O) groups excluding carboxylic acids is 3. The quantitative estimate of drug-likeness (QED) is 0.730. The Morgan fingerprint density at radius 3 is 2.00 bits per heavy atom. The molecule has 1 atom stereocenters. The Kier molecular flexibility index (Phi) is 6.54. The number of benzene rings is 2. The van der Waals surface area contributed by atoms with Crippen LogP contribution in [-0.4, -0.2) is 30.8 Å². The number of Topliss-reactive ketones (excluding diaryl/α,β-unsaturated/α-hetero) is 1. The van der Waals surface area contributed by atoms with Gasteiger partial charge in [-0.05, 0) is 56.3 Å². The van der Waals surface area contributed by atoms with Crippen LogP contribution in [0.4, 0.5) is 11.4 Å². The number of hydrogen-bond acceptors (Lipinski definition) is 5. The summed E-state index contributed by atoms with van der Waals surface area (Å²) in [6.07, 6.45) is -0.794. The van der Waals surface area contributed by atoms with Crippen molar-refractivity contribution in [1.29, 1.82) is 0 Å². The predicted molar refractivity (Wildman–Crippen MR) is 102 cm³/mol. The lowest BCUT2D eigenvalue weighted by molar-refractivity contribution is -0.122. The van der Waals surface area contributed by atoms with Gasteiger partial charge in [0.15, 0.2) is 23.4 Å². The fraction of sp³-hybridized carbons (Fsp3) is 0.250. The number of carbonyl (C=O) groups is 3. The Morgan fingerprint density at radius 2 is 1.48 bits per heavy atom. The molecule has 2 amide bonds. The topological polar surface area (TPSA) is 93.7 Å². The van der Waals surface area contributed by atoms with E-state index in [0.717, 1.165) is 0 Å². The van der Waals surface area contributed by atoms with Crippen LogP contribution in [0.15, 0.2) is 42.5 Å². The summed E-state index contributed by atoms with van der Waals surface area (Å²) in [6.45, 7) is 4.49. The molecule has 142 valence electrons. The van der Waals surface area contributed by atoms with Gasteiger partial charge in [-0.3, -0.25) is 14.4 Å². The van der Waals surface area contributed by atoms with Crippen LogP contribution in [0, 0.1) is 0 Å². The predicted octanol–water partition coefficient (Wildman–Crippen LogP) is 3.26. The van der Waals surface area contributed by atoms with E-state index in [1.54, 1.807) is 49.4 Å². The normalized spacial score (nSPS) is 11.3. The van der Waals surface area contributed by atoms with Gasteiger partial charge in [0.1, 0.15) is 0 Å². The molecule has 0 aliphatic rings. The van der Waals surface area contributed by atoms with Crippen molar-refractivity contribution in [2.75, 3.05) is 17.7 Å². The first-order valence-electron chi connectivity index (χ1n) is 8.34. The van der Waals surface area contributed by atoms with E-state index in [4.69, 9.17) is 9.47 Å². The van der Waals surface area contributed by atoms with E-state index in [1.807, 2.05) is 0 Å². The van der Waals surface area contributed by atoms with Crippen molar-refractivity contribution in [3.8, 4) is 11.5 Å². The summed E-state index contributed by atoms with van der Waals surface area (Å²) in [4.78, 5) is 34.8. The monoisotopic (exact) mass is 370 g/mol. The minimum atomic E-state index is -0.794. The second-order valence-corrected chi connectivity index (χ2v) is 5.93. The average Bonchev–Trinajstić information content (AvgIpc) is 2.62. The molecule has 0 saturated carbocycles. The number of hydrogen-bond donors (Lipinski definition) is 2. The summed E-state index contributed by atoms with van der Waals surface area (Å²) in [6, 6.07) is 11.5. The number of anilines is 2. The Bertz CT molecular complexity index is 846. The van der Waals surface area contributed by atoms with Gasteiger partial charge in [0, 0.05) is 23.9 Å². The third kappa shape index (κ3) is 5.57. The lowest BCUT2D eigenvalue weighted by atomic mass is 10.1. The van der Waals surface area contributed by atoms with Gasteiger partial charge >= 0.3 is 0 Å².